The van der Waals surface area contributed by atoms with Gasteiger partial charge in [0.05, 0.1) is 16.6 Å². The van der Waals surface area contributed by atoms with Crippen LogP contribution in [0.1, 0.15) is 31.2 Å². The molecule has 5 heteroatoms. The van der Waals surface area contributed by atoms with Gasteiger partial charge in [0, 0.05) is 18.8 Å². The normalized spacial score (nSPS) is 26.6. The molecule has 3 rings (SSSR count). The monoisotopic (exact) mass is 294 g/mol. The van der Waals surface area contributed by atoms with Gasteiger partial charge in [-0.05, 0) is 37.3 Å². The Morgan fingerprint density at radius 3 is 2.85 bits per heavy atom. The smallest absolute Gasteiger partial charge is 0.150 e. The summed E-state index contributed by atoms with van der Waals surface area (Å²) >= 11 is 0. The van der Waals surface area contributed by atoms with Gasteiger partial charge in [-0.25, -0.2) is 8.42 Å². The fourth-order valence-electron chi connectivity index (χ4n) is 3.67. The number of sulfone groups is 1. The van der Waals surface area contributed by atoms with Gasteiger partial charge in [-0.2, -0.15) is 0 Å². The molecule has 110 valence electrons. The topological polar surface area (TPSA) is 63.4 Å². The first-order chi connectivity index (χ1) is 9.47. The van der Waals surface area contributed by atoms with Crippen LogP contribution in [0, 0.1) is 0 Å². The second kappa shape index (κ2) is 4.95. The molecule has 0 bridgehead atoms. The van der Waals surface area contributed by atoms with Crippen LogP contribution in [0.5, 0.6) is 0 Å². The van der Waals surface area contributed by atoms with Crippen molar-refractivity contribution < 1.29 is 8.42 Å². The average Bonchev–Trinajstić information content (AvgIpc) is 2.83. The Hall–Kier alpha value is -1.23. The maximum absolute atomic E-state index is 11.8. The summed E-state index contributed by atoms with van der Waals surface area (Å²) < 4.78 is 23.6. The Labute approximate surface area is 120 Å². The second-order valence-electron chi connectivity index (χ2n) is 6.07. The molecular weight excluding hydrogens is 272 g/mol. The van der Waals surface area contributed by atoms with Gasteiger partial charge in [0.2, 0.25) is 0 Å². The number of benzene rings is 1. The lowest BCUT2D eigenvalue weighted by molar-refractivity contribution is 0.416. The minimum atomic E-state index is -2.93. The van der Waals surface area contributed by atoms with Crippen molar-refractivity contribution in [1.82, 2.24) is 0 Å². The summed E-state index contributed by atoms with van der Waals surface area (Å²) in [4.78, 5) is 2.35. The van der Waals surface area contributed by atoms with Crippen LogP contribution in [0.25, 0.3) is 0 Å². The molecule has 1 fully saturated rings. The minimum absolute atomic E-state index is 0.185. The van der Waals surface area contributed by atoms with E-state index in [1.54, 1.807) is 0 Å². The highest BCUT2D eigenvalue weighted by molar-refractivity contribution is 7.91. The third-order valence-corrected chi connectivity index (χ3v) is 6.34. The van der Waals surface area contributed by atoms with E-state index in [2.05, 4.69) is 11.0 Å². The molecule has 1 aliphatic heterocycles. The molecule has 0 amide bonds. The number of hydrogen-bond donors (Lipinski definition) is 1. The minimum Gasteiger partial charge on any atom is -0.397 e. The quantitative estimate of drug-likeness (QED) is 0.847. The predicted molar refractivity (Wildman–Crippen MR) is 82.8 cm³/mol. The number of hydrogen-bond acceptors (Lipinski definition) is 4. The summed E-state index contributed by atoms with van der Waals surface area (Å²) in [6, 6.07) is 6.38. The summed E-state index contributed by atoms with van der Waals surface area (Å²) in [7, 11) is -2.93. The van der Waals surface area contributed by atoms with E-state index < -0.39 is 9.84 Å². The van der Waals surface area contributed by atoms with Gasteiger partial charge in [0.15, 0.2) is 0 Å². The molecule has 0 saturated heterocycles. The highest BCUT2D eigenvalue weighted by Gasteiger charge is 2.34. The molecule has 1 heterocycles. The molecule has 1 aliphatic carbocycles. The van der Waals surface area contributed by atoms with Crippen molar-refractivity contribution in [2.24, 2.45) is 0 Å². The van der Waals surface area contributed by atoms with Crippen molar-refractivity contribution in [2.75, 3.05) is 23.4 Å². The third kappa shape index (κ3) is 2.39. The van der Waals surface area contributed by atoms with Crippen molar-refractivity contribution in [3.05, 3.63) is 23.8 Å². The van der Waals surface area contributed by atoms with E-state index in [-0.39, 0.29) is 5.25 Å². The van der Waals surface area contributed by atoms with Crippen molar-refractivity contribution in [3.8, 4) is 0 Å². The van der Waals surface area contributed by atoms with Gasteiger partial charge in [-0.1, -0.05) is 18.6 Å². The average molecular weight is 294 g/mol. The number of rotatable bonds is 2. The molecule has 2 unspecified atom stereocenters. The number of anilines is 2. The van der Waals surface area contributed by atoms with E-state index in [1.807, 2.05) is 12.1 Å². The lowest BCUT2D eigenvalue weighted by atomic mass is 9.93. The molecule has 2 aliphatic rings. The zero-order valence-electron chi connectivity index (χ0n) is 11.9. The third-order valence-electron chi connectivity index (χ3n) is 4.70. The molecule has 20 heavy (non-hydrogen) atoms. The van der Waals surface area contributed by atoms with Crippen molar-refractivity contribution in [1.29, 1.82) is 0 Å². The molecule has 4 nitrogen and oxygen atoms in total. The first-order valence-corrected chi connectivity index (χ1v) is 9.25. The van der Waals surface area contributed by atoms with E-state index >= 15 is 0 Å². The van der Waals surface area contributed by atoms with Crippen LogP contribution in [-0.2, 0) is 16.3 Å². The van der Waals surface area contributed by atoms with Crippen LogP contribution in [0.15, 0.2) is 18.2 Å². The Morgan fingerprint density at radius 2 is 2.10 bits per heavy atom. The molecule has 0 radical (unpaired) electrons. The van der Waals surface area contributed by atoms with E-state index in [0.717, 1.165) is 50.0 Å². The molecule has 1 aromatic rings. The van der Waals surface area contributed by atoms with E-state index in [0.29, 0.717) is 6.04 Å². The largest absolute Gasteiger partial charge is 0.397 e. The SMILES string of the molecule is CS(=O)(=O)C1CCCC(N2CCc3cccc(N)c32)C1. The summed E-state index contributed by atoms with van der Waals surface area (Å²) in [6.07, 6.45) is 5.99. The Kier molecular flexibility index (Phi) is 3.40. The lowest BCUT2D eigenvalue weighted by Crippen LogP contribution is -2.41. The summed E-state index contributed by atoms with van der Waals surface area (Å²) in [6.45, 7) is 0.963. The summed E-state index contributed by atoms with van der Waals surface area (Å²) in [5.74, 6) is 0. The fourth-order valence-corrected chi connectivity index (χ4v) is 4.84. The van der Waals surface area contributed by atoms with Crippen molar-refractivity contribution in [2.45, 2.75) is 43.4 Å². The van der Waals surface area contributed by atoms with Crippen LogP contribution in [0.3, 0.4) is 0 Å². The number of para-hydroxylation sites is 1. The van der Waals surface area contributed by atoms with Gasteiger partial charge in [0.25, 0.3) is 0 Å². The molecule has 1 aromatic carbocycles. The van der Waals surface area contributed by atoms with Gasteiger partial charge >= 0.3 is 0 Å². The van der Waals surface area contributed by atoms with Gasteiger partial charge in [-0.15, -0.1) is 0 Å². The molecule has 1 saturated carbocycles. The number of nitrogen functional groups attached to an aromatic ring is 1. The highest BCUT2D eigenvalue weighted by atomic mass is 32.2. The Morgan fingerprint density at radius 1 is 1.30 bits per heavy atom. The zero-order valence-corrected chi connectivity index (χ0v) is 12.7. The summed E-state index contributed by atoms with van der Waals surface area (Å²) in [5, 5.41) is -0.185. The number of fused-ring (bicyclic) bond motifs is 1. The van der Waals surface area contributed by atoms with Crippen molar-refractivity contribution >= 4 is 21.2 Å². The summed E-state index contributed by atoms with van der Waals surface area (Å²) in [5.41, 5.74) is 9.39. The van der Waals surface area contributed by atoms with E-state index in [9.17, 15) is 8.42 Å². The molecule has 2 atom stereocenters. The zero-order chi connectivity index (χ0) is 14.3. The van der Waals surface area contributed by atoms with Crippen LogP contribution in [-0.4, -0.2) is 32.5 Å². The van der Waals surface area contributed by atoms with E-state index in [4.69, 9.17) is 5.73 Å². The standard InChI is InChI=1S/C15H22N2O2S/c1-20(18,19)13-6-3-5-12(10-13)17-9-8-11-4-2-7-14(16)15(11)17/h2,4,7,12-13H,3,5-6,8-10,16H2,1H3. The maximum atomic E-state index is 11.8. The van der Waals surface area contributed by atoms with E-state index in [1.165, 1.54) is 11.8 Å². The maximum Gasteiger partial charge on any atom is 0.150 e. The van der Waals surface area contributed by atoms with Gasteiger partial charge in [-0.3, -0.25) is 0 Å². The first kappa shape index (κ1) is 13.7. The lowest BCUT2D eigenvalue weighted by Gasteiger charge is -2.36. The second-order valence-corrected chi connectivity index (χ2v) is 8.40. The first-order valence-electron chi connectivity index (χ1n) is 7.29. The Balaban J connectivity index is 1.85. The predicted octanol–water partition coefficient (Wildman–Crippen LogP) is 1.99. The van der Waals surface area contributed by atoms with Crippen LogP contribution >= 0.6 is 0 Å². The Bertz CT molecular complexity index is 612. The van der Waals surface area contributed by atoms with Gasteiger partial charge in [0.1, 0.15) is 9.84 Å². The van der Waals surface area contributed by atoms with Crippen LogP contribution in [0.4, 0.5) is 11.4 Å². The molecule has 0 aromatic heterocycles. The van der Waals surface area contributed by atoms with Crippen molar-refractivity contribution in [3.63, 3.8) is 0 Å². The molecular formula is C15H22N2O2S. The number of nitrogens with two attached hydrogens (primary N) is 1. The highest BCUT2D eigenvalue weighted by Crippen LogP contribution is 2.39. The molecule has 0 spiro atoms. The number of nitrogens with zero attached hydrogens (tertiary/aromatic N) is 1. The fraction of sp³-hybridized carbons (Fsp3) is 0.600. The molecule has 2 N–H and O–H groups in total. The van der Waals surface area contributed by atoms with Crippen LogP contribution < -0.4 is 10.6 Å². The van der Waals surface area contributed by atoms with Gasteiger partial charge < -0.3 is 10.6 Å². The van der Waals surface area contributed by atoms with Crippen LogP contribution in [0.2, 0.25) is 0 Å².